The van der Waals surface area contributed by atoms with Crippen LogP contribution in [0.4, 0.5) is 0 Å². The van der Waals surface area contributed by atoms with E-state index in [4.69, 9.17) is 4.74 Å². The van der Waals surface area contributed by atoms with Crippen LogP contribution in [0.15, 0.2) is 24.3 Å². The zero-order valence-electron chi connectivity index (χ0n) is 12.1. The van der Waals surface area contributed by atoms with E-state index in [-0.39, 0.29) is 5.41 Å². The highest BCUT2D eigenvalue weighted by atomic mass is 16.5. The van der Waals surface area contributed by atoms with E-state index in [1.165, 1.54) is 0 Å². The van der Waals surface area contributed by atoms with Gasteiger partial charge in [-0.15, -0.1) is 0 Å². The fourth-order valence-corrected chi connectivity index (χ4v) is 2.84. The summed E-state index contributed by atoms with van der Waals surface area (Å²) < 4.78 is 5.12. The molecule has 0 spiro atoms. The minimum Gasteiger partial charge on any atom is -0.497 e. The normalized spacial score (nSPS) is 26.6. The van der Waals surface area contributed by atoms with Gasteiger partial charge in [0.1, 0.15) is 5.75 Å². The molecule has 0 bridgehead atoms. The quantitative estimate of drug-likeness (QED) is 0.907. The Labute approximate surface area is 114 Å². The summed E-state index contributed by atoms with van der Waals surface area (Å²) in [7, 11) is 1.61. The van der Waals surface area contributed by atoms with Crippen LogP contribution in [0.25, 0.3) is 0 Å². The summed E-state index contributed by atoms with van der Waals surface area (Å²) in [4.78, 5) is 11.7. The summed E-state index contributed by atoms with van der Waals surface area (Å²) in [6.45, 7) is 6.53. The van der Waals surface area contributed by atoms with Crippen LogP contribution in [0.2, 0.25) is 0 Å². The minimum atomic E-state index is -0.710. The van der Waals surface area contributed by atoms with Gasteiger partial charge in [-0.3, -0.25) is 4.79 Å². The largest absolute Gasteiger partial charge is 0.497 e. The van der Waals surface area contributed by atoms with Crippen LogP contribution in [-0.4, -0.2) is 18.2 Å². The molecule has 3 heteroatoms. The Hall–Kier alpha value is -1.51. The number of rotatable bonds is 3. The molecule has 19 heavy (non-hydrogen) atoms. The second-order valence-electron chi connectivity index (χ2n) is 6.59. The van der Waals surface area contributed by atoms with E-state index in [0.29, 0.717) is 5.92 Å². The molecule has 2 rings (SSSR count). The van der Waals surface area contributed by atoms with Crippen molar-refractivity contribution in [2.24, 2.45) is 11.3 Å². The van der Waals surface area contributed by atoms with Gasteiger partial charge in [-0.2, -0.15) is 0 Å². The third-order valence-electron chi connectivity index (χ3n) is 4.47. The number of carboxylic acids is 1. The van der Waals surface area contributed by atoms with E-state index in [0.717, 1.165) is 24.2 Å². The van der Waals surface area contributed by atoms with Gasteiger partial charge in [0.05, 0.1) is 12.5 Å². The van der Waals surface area contributed by atoms with Crippen molar-refractivity contribution >= 4 is 5.97 Å². The van der Waals surface area contributed by atoms with Crippen LogP contribution >= 0.6 is 0 Å². The van der Waals surface area contributed by atoms with Crippen LogP contribution in [-0.2, 0) is 10.2 Å². The van der Waals surface area contributed by atoms with Crippen molar-refractivity contribution in [2.75, 3.05) is 7.11 Å². The van der Waals surface area contributed by atoms with Crippen molar-refractivity contribution in [1.82, 2.24) is 0 Å². The monoisotopic (exact) mass is 262 g/mol. The number of aliphatic carboxylic acids is 1. The summed E-state index contributed by atoms with van der Waals surface area (Å²) in [5.74, 6) is 0.514. The molecule has 1 aromatic rings. The number of methoxy groups -OCH3 is 1. The summed E-state index contributed by atoms with van der Waals surface area (Å²) in [6.07, 6.45) is 1.44. The highest BCUT2D eigenvalue weighted by Gasteiger charge is 2.54. The van der Waals surface area contributed by atoms with Crippen molar-refractivity contribution in [3.05, 3.63) is 29.8 Å². The van der Waals surface area contributed by atoms with Gasteiger partial charge in [0.25, 0.3) is 0 Å². The molecule has 0 unspecified atom stereocenters. The Morgan fingerprint density at radius 3 is 2.16 bits per heavy atom. The third-order valence-corrected chi connectivity index (χ3v) is 4.47. The maximum atomic E-state index is 11.7. The number of carbonyl (C=O) groups is 1. The number of hydrogen-bond donors (Lipinski definition) is 1. The van der Waals surface area contributed by atoms with Gasteiger partial charge < -0.3 is 9.84 Å². The molecule has 1 fully saturated rings. The van der Waals surface area contributed by atoms with Crippen molar-refractivity contribution < 1.29 is 14.6 Å². The number of benzene rings is 1. The average molecular weight is 262 g/mol. The second kappa shape index (κ2) is 4.55. The highest BCUT2D eigenvalue weighted by Crippen LogP contribution is 2.54. The first-order chi connectivity index (χ1) is 8.79. The summed E-state index contributed by atoms with van der Waals surface area (Å²) in [5, 5.41) is 9.62. The Kier molecular flexibility index (Phi) is 3.33. The van der Waals surface area contributed by atoms with Crippen molar-refractivity contribution in [3.8, 4) is 5.75 Å². The maximum absolute atomic E-state index is 11.7. The minimum absolute atomic E-state index is 0.172. The van der Waals surface area contributed by atoms with Gasteiger partial charge in [0.2, 0.25) is 0 Å². The molecule has 1 aliphatic carbocycles. The van der Waals surface area contributed by atoms with Crippen LogP contribution in [0.1, 0.15) is 39.2 Å². The van der Waals surface area contributed by atoms with E-state index in [2.05, 4.69) is 20.8 Å². The van der Waals surface area contributed by atoms with Crippen molar-refractivity contribution in [1.29, 1.82) is 0 Å². The molecule has 1 aromatic carbocycles. The lowest BCUT2D eigenvalue weighted by molar-refractivity contribution is -0.152. The Morgan fingerprint density at radius 2 is 1.79 bits per heavy atom. The van der Waals surface area contributed by atoms with Gasteiger partial charge in [-0.1, -0.05) is 32.9 Å². The van der Waals surface area contributed by atoms with Gasteiger partial charge in [0.15, 0.2) is 0 Å². The Morgan fingerprint density at radius 1 is 1.26 bits per heavy atom. The molecule has 1 aliphatic rings. The predicted molar refractivity (Wildman–Crippen MR) is 74.5 cm³/mol. The van der Waals surface area contributed by atoms with E-state index in [1.807, 2.05) is 24.3 Å². The smallest absolute Gasteiger partial charge is 0.314 e. The van der Waals surface area contributed by atoms with E-state index >= 15 is 0 Å². The fraction of sp³-hybridized carbons (Fsp3) is 0.562. The van der Waals surface area contributed by atoms with Crippen LogP contribution < -0.4 is 4.74 Å². The third kappa shape index (κ3) is 2.34. The topological polar surface area (TPSA) is 46.5 Å². The first-order valence-corrected chi connectivity index (χ1v) is 6.67. The molecule has 0 heterocycles. The first kappa shape index (κ1) is 13.9. The molecule has 104 valence electrons. The lowest BCUT2D eigenvalue weighted by atomic mass is 9.52. The van der Waals surface area contributed by atoms with Crippen LogP contribution in [0.3, 0.4) is 0 Å². The van der Waals surface area contributed by atoms with Gasteiger partial charge in [-0.25, -0.2) is 0 Å². The van der Waals surface area contributed by atoms with Crippen LogP contribution in [0, 0.1) is 11.3 Å². The van der Waals surface area contributed by atoms with E-state index < -0.39 is 11.4 Å². The molecule has 0 aromatic heterocycles. The molecule has 0 amide bonds. The molecule has 3 nitrogen and oxygen atoms in total. The first-order valence-electron chi connectivity index (χ1n) is 6.67. The van der Waals surface area contributed by atoms with Gasteiger partial charge in [0, 0.05) is 0 Å². The Bertz CT molecular complexity index is 462. The molecule has 1 saturated carbocycles. The summed E-state index contributed by atoms with van der Waals surface area (Å²) in [5.41, 5.74) is 0.358. The molecule has 1 N–H and O–H groups in total. The average Bonchev–Trinajstić information content (AvgIpc) is 2.26. The predicted octanol–water partition coefficient (Wildman–Crippen LogP) is 3.47. The number of hydrogen-bond acceptors (Lipinski definition) is 2. The summed E-state index contributed by atoms with van der Waals surface area (Å²) >= 11 is 0. The number of carboxylic acid groups (broad SMARTS) is 1. The molecular formula is C16H22O3. The Balaban J connectivity index is 2.25. The molecule has 0 aliphatic heterocycles. The van der Waals surface area contributed by atoms with E-state index in [1.54, 1.807) is 7.11 Å². The van der Waals surface area contributed by atoms with Crippen molar-refractivity contribution in [3.63, 3.8) is 0 Å². The standard InChI is InChI=1S/C16H22O3/c1-15(2,3)12-9-16(10-12,14(17)18)11-5-7-13(19-4)8-6-11/h5-8,12H,9-10H2,1-4H3,(H,17,18). The van der Waals surface area contributed by atoms with E-state index in [9.17, 15) is 9.90 Å². The molecular weight excluding hydrogens is 240 g/mol. The SMILES string of the molecule is COc1ccc(C2(C(=O)O)CC(C(C)(C)C)C2)cc1. The van der Waals surface area contributed by atoms with Crippen molar-refractivity contribution in [2.45, 2.75) is 39.0 Å². The zero-order chi connectivity index (χ0) is 14.3. The zero-order valence-corrected chi connectivity index (χ0v) is 12.1. The number of ether oxygens (including phenoxy) is 1. The maximum Gasteiger partial charge on any atom is 0.314 e. The lowest BCUT2D eigenvalue weighted by Crippen LogP contribution is -2.51. The highest BCUT2D eigenvalue weighted by molar-refractivity contribution is 5.83. The fourth-order valence-electron chi connectivity index (χ4n) is 2.84. The summed E-state index contributed by atoms with van der Waals surface area (Å²) in [6, 6.07) is 7.44. The van der Waals surface area contributed by atoms with Crippen LogP contribution in [0.5, 0.6) is 5.75 Å². The molecule has 0 radical (unpaired) electrons. The molecule has 0 saturated heterocycles. The van der Waals surface area contributed by atoms with Gasteiger partial charge in [-0.05, 0) is 41.9 Å². The van der Waals surface area contributed by atoms with Gasteiger partial charge >= 0.3 is 5.97 Å². The second-order valence-corrected chi connectivity index (χ2v) is 6.59. The molecule has 0 atom stereocenters. The lowest BCUT2D eigenvalue weighted by Gasteiger charge is -2.50.